The summed E-state index contributed by atoms with van der Waals surface area (Å²) in [5.74, 6) is 1.54. The van der Waals surface area contributed by atoms with Gasteiger partial charge in [0, 0.05) is 18.5 Å². The lowest BCUT2D eigenvalue weighted by Gasteiger charge is -1.98. The molecule has 1 aromatic carbocycles. The second-order valence-electron chi connectivity index (χ2n) is 4.45. The minimum Gasteiger partial charge on any atom is -0.399 e. The van der Waals surface area contributed by atoms with Crippen LogP contribution in [0.25, 0.3) is 0 Å². The molecule has 0 saturated carbocycles. The Kier molecular flexibility index (Phi) is 4.34. The number of unbranched alkanes of at least 4 members (excludes halogenated alkanes) is 1. The van der Waals surface area contributed by atoms with Gasteiger partial charge in [0.05, 0.1) is 0 Å². The topological polar surface area (TPSA) is 64.9 Å². The Hall–Kier alpha value is -1.84. The third-order valence-corrected chi connectivity index (χ3v) is 2.87. The van der Waals surface area contributed by atoms with Crippen molar-refractivity contribution in [1.82, 2.24) is 10.1 Å². The Bertz CT molecular complexity index is 476. The van der Waals surface area contributed by atoms with E-state index in [1.54, 1.807) is 0 Å². The van der Waals surface area contributed by atoms with Crippen LogP contribution in [0.5, 0.6) is 0 Å². The minimum absolute atomic E-state index is 0.720. The number of aryl methyl sites for hydroxylation is 3. The molecule has 2 rings (SSSR count). The highest BCUT2D eigenvalue weighted by molar-refractivity contribution is 5.39. The van der Waals surface area contributed by atoms with Crippen LogP contribution in [-0.2, 0) is 19.3 Å². The summed E-state index contributed by atoms with van der Waals surface area (Å²) in [6.07, 6.45) is 4.84. The number of nitrogen functional groups attached to an aromatic ring is 1. The predicted octanol–water partition coefficient (Wildman–Crippen LogP) is 2.78. The van der Waals surface area contributed by atoms with Crippen molar-refractivity contribution in [1.29, 1.82) is 0 Å². The monoisotopic (exact) mass is 245 g/mol. The largest absolute Gasteiger partial charge is 0.399 e. The average molecular weight is 245 g/mol. The molecule has 0 fully saturated rings. The van der Waals surface area contributed by atoms with E-state index in [0.29, 0.717) is 0 Å². The molecule has 4 heteroatoms. The normalized spacial score (nSPS) is 10.7. The second-order valence-corrected chi connectivity index (χ2v) is 4.45. The van der Waals surface area contributed by atoms with Crippen LogP contribution in [-0.4, -0.2) is 10.1 Å². The maximum atomic E-state index is 5.64. The zero-order valence-electron chi connectivity index (χ0n) is 10.7. The van der Waals surface area contributed by atoms with E-state index in [2.05, 4.69) is 17.1 Å². The first-order valence-corrected chi connectivity index (χ1v) is 6.44. The number of rotatable bonds is 6. The van der Waals surface area contributed by atoms with Crippen LogP contribution in [0.4, 0.5) is 5.69 Å². The SMILES string of the molecule is CCCCc1noc(CCc2ccc(N)cc2)n1. The Labute approximate surface area is 107 Å². The van der Waals surface area contributed by atoms with Crippen LogP contribution < -0.4 is 5.73 Å². The Morgan fingerprint density at radius 1 is 1.11 bits per heavy atom. The molecule has 96 valence electrons. The Balaban J connectivity index is 1.86. The highest BCUT2D eigenvalue weighted by Crippen LogP contribution is 2.09. The van der Waals surface area contributed by atoms with Gasteiger partial charge in [-0.1, -0.05) is 30.6 Å². The highest BCUT2D eigenvalue weighted by Gasteiger charge is 2.05. The fourth-order valence-electron chi connectivity index (χ4n) is 1.76. The van der Waals surface area contributed by atoms with Gasteiger partial charge in [0.25, 0.3) is 0 Å². The summed E-state index contributed by atoms with van der Waals surface area (Å²) in [7, 11) is 0. The van der Waals surface area contributed by atoms with Crippen molar-refractivity contribution in [3.8, 4) is 0 Å². The van der Waals surface area contributed by atoms with Crippen LogP contribution in [0, 0.1) is 0 Å². The molecule has 0 amide bonds. The molecule has 0 spiro atoms. The van der Waals surface area contributed by atoms with Gasteiger partial charge in [0.2, 0.25) is 5.89 Å². The molecule has 4 nitrogen and oxygen atoms in total. The fraction of sp³-hybridized carbons (Fsp3) is 0.429. The number of hydrogen-bond acceptors (Lipinski definition) is 4. The summed E-state index contributed by atoms with van der Waals surface area (Å²) >= 11 is 0. The zero-order valence-corrected chi connectivity index (χ0v) is 10.7. The summed E-state index contributed by atoms with van der Waals surface area (Å²) in [6, 6.07) is 7.89. The minimum atomic E-state index is 0.720. The first kappa shape index (κ1) is 12.6. The van der Waals surface area contributed by atoms with E-state index in [4.69, 9.17) is 10.3 Å². The summed E-state index contributed by atoms with van der Waals surface area (Å²) in [5.41, 5.74) is 7.67. The van der Waals surface area contributed by atoms with Crippen LogP contribution in [0.3, 0.4) is 0 Å². The van der Waals surface area contributed by atoms with E-state index in [1.165, 1.54) is 5.56 Å². The molecule has 0 atom stereocenters. The first-order valence-electron chi connectivity index (χ1n) is 6.44. The summed E-state index contributed by atoms with van der Waals surface area (Å²) in [6.45, 7) is 2.15. The van der Waals surface area contributed by atoms with Gasteiger partial charge in [-0.3, -0.25) is 0 Å². The lowest BCUT2D eigenvalue weighted by Crippen LogP contribution is -1.93. The van der Waals surface area contributed by atoms with E-state index >= 15 is 0 Å². The molecular formula is C14H19N3O. The number of anilines is 1. The van der Waals surface area contributed by atoms with Crippen molar-refractivity contribution in [3.05, 3.63) is 41.5 Å². The van der Waals surface area contributed by atoms with Crippen molar-refractivity contribution < 1.29 is 4.52 Å². The molecule has 1 heterocycles. The van der Waals surface area contributed by atoms with Crippen LogP contribution in [0.15, 0.2) is 28.8 Å². The molecule has 2 aromatic rings. The molecule has 0 unspecified atom stereocenters. The zero-order chi connectivity index (χ0) is 12.8. The van der Waals surface area contributed by atoms with Gasteiger partial charge in [-0.15, -0.1) is 0 Å². The quantitative estimate of drug-likeness (QED) is 0.795. The van der Waals surface area contributed by atoms with Crippen molar-refractivity contribution in [2.24, 2.45) is 0 Å². The highest BCUT2D eigenvalue weighted by atomic mass is 16.5. The number of aromatic nitrogens is 2. The number of benzene rings is 1. The molecule has 1 aromatic heterocycles. The van der Waals surface area contributed by atoms with Gasteiger partial charge >= 0.3 is 0 Å². The van der Waals surface area contributed by atoms with Gasteiger partial charge in [-0.05, 0) is 30.5 Å². The molecule has 0 aliphatic carbocycles. The molecule has 2 N–H and O–H groups in total. The maximum absolute atomic E-state index is 5.64. The van der Waals surface area contributed by atoms with Crippen molar-refractivity contribution >= 4 is 5.69 Å². The van der Waals surface area contributed by atoms with Gasteiger partial charge < -0.3 is 10.3 Å². The summed E-state index contributed by atoms with van der Waals surface area (Å²) < 4.78 is 5.22. The number of nitrogens with zero attached hydrogens (tertiary/aromatic N) is 2. The van der Waals surface area contributed by atoms with E-state index in [-0.39, 0.29) is 0 Å². The van der Waals surface area contributed by atoms with Crippen LogP contribution in [0.1, 0.15) is 37.0 Å². The van der Waals surface area contributed by atoms with Crippen LogP contribution in [0.2, 0.25) is 0 Å². The molecule has 0 aliphatic rings. The smallest absolute Gasteiger partial charge is 0.226 e. The van der Waals surface area contributed by atoms with Crippen molar-refractivity contribution in [2.75, 3.05) is 5.73 Å². The fourth-order valence-corrected chi connectivity index (χ4v) is 1.76. The van der Waals surface area contributed by atoms with Gasteiger partial charge in [-0.2, -0.15) is 4.98 Å². The van der Waals surface area contributed by atoms with Gasteiger partial charge in [0.1, 0.15) is 0 Å². The van der Waals surface area contributed by atoms with E-state index in [0.717, 1.165) is 49.5 Å². The summed E-state index contributed by atoms with van der Waals surface area (Å²) in [5, 5.41) is 3.97. The maximum Gasteiger partial charge on any atom is 0.226 e. The number of hydrogen-bond donors (Lipinski definition) is 1. The molecule has 0 bridgehead atoms. The Morgan fingerprint density at radius 2 is 1.89 bits per heavy atom. The van der Waals surface area contributed by atoms with Gasteiger partial charge in [0.15, 0.2) is 5.82 Å². The van der Waals surface area contributed by atoms with Crippen molar-refractivity contribution in [2.45, 2.75) is 39.0 Å². The van der Waals surface area contributed by atoms with Crippen LogP contribution >= 0.6 is 0 Å². The molecule has 0 radical (unpaired) electrons. The summed E-state index contributed by atoms with van der Waals surface area (Å²) in [4.78, 5) is 4.38. The second kappa shape index (κ2) is 6.19. The van der Waals surface area contributed by atoms with E-state index in [1.807, 2.05) is 24.3 Å². The third-order valence-electron chi connectivity index (χ3n) is 2.87. The Morgan fingerprint density at radius 3 is 2.61 bits per heavy atom. The van der Waals surface area contributed by atoms with E-state index in [9.17, 15) is 0 Å². The predicted molar refractivity (Wildman–Crippen MR) is 71.2 cm³/mol. The van der Waals surface area contributed by atoms with Gasteiger partial charge in [-0.25, -0.2) is 0 Å². The molecule has 0 aliphatic heterocycles. The molecule has 18 heavy (non-hydrogen) atoms. The molecular weight excluding hydrogens is 226 g/mol. The average Bonchev–Trinajstić information content (AvgIpc) is 2.84. The third kappa shape index (κ3) is 3.58. The van der Waals surface area contributed by atoms with Crippen molar-refractivity contribution in [3.63, 3.8) is 0 Å². The number of nitrogens with two attached hydrogens (primary N) is 1. The lowest BCUT2D eigenvalue weighted by atomic mass is 10.1. The van der Waals surface area contributed by atoms with E-state index < -0.39 is 0 Å². The molecule has 0 saturated heterocycles. The standard InChI is InChI=1S/C14H19N3O/c1-2-3-4-13-16-14(18-17-13)10-7-11-5-8-12(15)9-6-11/h5-6,8-9H,2-4,7,10,15H2,1H3. The first-order chi connectivity index (χ1) is 8.78. The lowest BCUT2D eigenvalue weighted by molar-refractivity contribution is 0.372.